The Morgan fingerprint density at radius 1 is 0.283 bits per heavy atom. The van der Waals surface area contributed by atoms with Gasteiger partial charge in [0.1, 0.15) is 0 Å². The van der Waals surface area contributed by atoms with Crippen molar-refractivity contribution >= 4 is 43.4 Å². The molecule has 1 heteroatoms. The fourth-order valence-corrected chi connectivity index (χ4v) is 8.38. The molecule has 0 spiro atoms. The molecule has 0 radical (unpaired) electrons. The first-order valence-electron chi connectivity index (χ1n) is 18.4. The predicted octanol–water partition coefficient (Wildman–Crippen LogP) is 14.4. The molecule has 1 aromatic heterocycles. The van der Waals surface area contributed by atoms with Crippen LogP contribution >= 0.6 is 0 Å². The highest BCUT2D eigenvalue weighted by atomic mass is 15.0. The second kappa shape index (κ2) is 12.5. The zero-order valence-electron chi connectivity index (χ0n) is 29.8. The van der Waals surface area contributed by atoms with E-state index in [0.717, 1.165) is 0 Å². The molecule has 0 bridgehead atoms. The summed E-state index contributed by atoms with van der Waals surface area (Å²) in [5.41, 5.74) is 16.1. The Hall–Kier alpha value is -6.70. The van der Waals surface area contributed by atoms with Crippen molar-refractivity contribution in [3.63, 3.8) is 0 Å². The van der Waals surface area contributed by atoms with E-state index in [2.05, 4.69) is 206 Å². The Balaban J connectivity index is 1.03. The highest BCUT2D eigenvalue weighted by Gasteiger charge is 2.18. The van der Waals surface area contributed by atoms with Crippen molar-refractivity contribution < 1.29 is 0 Å². The Morgan fingerprint density at radius 2 is 0.736 bits per heavy atom. The van der Waals surface area contributed by atoms with Gasteiger partial charge in [-0.1, -0.05) is 169 Å². The number of fused-ring (bicyclic) bond motifs is 5. The van der Waals surface area contributed by atoms with Crippen LogP contribution in [0.2, 0.25) is 0 Å². The molecule has 10 aromatic rings. The van der Waals surface area contributed by atoms with Crippen LogP contribution in [0.3, 0.4) is 0 Å². The van der Waals surface area contributed by atoms with Crippen LogP contribution in [-0.4, -0.2) is 4.57 Å². The molecule has 250 valence electrons. The first-order valence-corrected chi connectivity index (χ1v) is 18.4. The maximum Gasteiger partial charge on any atom is 0.0541 e. The molecule has 0 amide bonds. The van der Waals surface area contributed by atoms with Crippen molar-refractivity contribution in [1.29, 1.82) is 0 Å². The van der Waals surface area contributed by atoms with Crippen LogP contribution in [0.5, 0.6) is 0 Å². The third-order valence-corrected chi connectivity index (χ3v) is 10.9. The van der Waals surface area contributed by atoms with Crippen molar-refractivity contribution in [3.05, 3.63) is 199 Å². The van der Waals surface area contributed by atoms with E-state index in [1.807, 2.05) is 0 Å². The number of benzene rings is 9. The lowest BCUT2D eigenvalue weighted by molar-refractivity contribution is 1.18. The topological polar surface area (TPSA) is 4.93 Å². The van der Waals surface area contributed by atoms with Crippen molar-refractivity contribution in [2.75, 3.05) is 0 Å². The summed E-state index contributed by atoms with van der Waals surface area (Å²) in [6.07, 6.45) is 0. The fourth-order valence-electron chi connectivity index (χ4n) is 8.38. The van der Waals surface area contributed by atoms with Crippen LogP contribution in [0, 0.1) is 13.8 Å². The molecule has 53 heavy (non-hydrogen) atoms. The maximum atomic E-state index is 2.37. The lowest BCUT2D eigenvalue weighted by Gasteiger charge is -2.19. The molecular formula is C52H37N. The fraction of sp³-hybridized carbons (Fsp3) is 0.0385. The monoisotopic (exact) mass is 675 g/mol. The van der Waals surface area contributed by atoms with Gasteiger partial charge in [0, 0.05) is 16.5 Å². The lowest BCUT2D eigenvalue weighted by atomic mass is 9.84. The van der Waals surface area contributed by atoms with Gasteiger partial charge < -0.3 is 4.57 Å². The SMILES string of the molecule is Cc1ccc2c(-c3ccc(-c4ccc(-c5ccc6c(c5)c5ccccc5n6-c5ccccc5)cc4)cc3)c3cc(C)ccc3c(-c3ccccc3)c2c1. The van der Waals surface area contributed by atoms with E-state index < -0.39 is 0 Å². The van der Waals surface area contributed by atoms with Gasteiger partial charge in [0.15, 0.2) is 0 Å². The zero-order valence-corrected chi connectivity index (χ0v) is 29.8. The minimum Gasteiger partial charge on any atom is -0.309 e. The normalized spacial score (nSPS) is 11.6. The smallest absolute Gasteiger partial charge is 0.0541 e. The average molecular weight is 676 g/mol. The highest BCUT2D eigenvalue weighted by molar-refractivity contribution is 6.21. The molecule has 0 atom stereocenters. The van der Waals surface area contributed by atoms with Crippen molar-refractivity contribution in [2.24, 2.45) is 0 Å². The molecule has 1 heterocycles. The molecule has 0 aliphatic carbocycles. The first-order chi connectivity index (χ1) is 26.1. The van der Waals surface area contributed by atoms with Gasteiger partial charge in [0.05, 0.1) is 11.0 Å². The standard InChI is InChI=1S/C52H37N/c1-34-18-29-45-47(31-34)51(39-11-5-3-6-12-39)44-28-17-35(2)32-48(44)52(45)40-25-23-37(24-26-40)36-19-21-38(22-20-36)41-27-30-50-46(33-41)43-15-9-10-16-49(43)53(50)42-13-7-4-8-14-42/h3-33H,1-2H3. The zero-order chi connectivity index (χ0) is 35.5. The minimum atomic E-state index is 1.18. The Bertz CT molecular complexity index is 2970. The number of para-hydroxylation sites is 2. The largest absolute Gasteiger partial charge is 0.309 e. The molecule has 9 aromatic carbocycles. The molecule has 0 aliphatic heterocycles. The molecule has 10 rings (SSSR count). The number of aromatic nitrogens is 1. The second-order valence-corrected chi connectivity index (χ2v) is 14.3. The number of nitrogens with zero attached hydrogens (tertiary/aromatic N) is 1. The van der Waals surface area contributed by atoms with Gasteiger partial charge in [0.2, 0.25) is 0 Å². The van der Waals surface area contributed by atoms with Crippen molar-refractivity contribution in [3.8, 4) is 50.2 Å². The molecule has 0 saturated carbocycles. The van der Waals surface area contributed by atoms with E-state index in [-0.39, 0.29) is 0 Å². The van der Waals surface area contributed by atoms with Gasteiger partial charge in [-0.3, -0.25) is 0 Å². The third-order valence-electron chi connectivity index (χ3n) is 10.9. The Morgan fingerprint density at radius 3 is 1.34 bits per heavy atom. The van der Waals surface area contributed by atoms with Gasteiger partial charge >= 0.3 is 0 Å². The molecule has 0 saturated heterocycles. The van der Waals surface area contributed by atoms with Gasteiger partial charge in [-0.25, -0.2) is 0 Å². The molecule has 0 aliphatic rings. The quantitative estimate of drug-likeness (QED) is 0.160. The number of aryl methyl sites for hydroxylation is 2. The molecule has 1 nitrogen and oxygen atoms in total. The van der Waals surface area contributed by atoms with Crippen molar-refractivity contribution in [1.82, 2.24) is 4.57 Å². The summed E-state index contributed by atoms with van der Waals surface area (Å²) in [7, 11) is 0. The summed E-state index contributed by atoms with van der Waals surface area (Å²) in [5, 5.41) is 7.70. The van der Waals surface area contributed by atoms with Gasteiger partial charge in [-0.15, -0.1) is 0 Å². The van der Waals surface area contributed by atoms with E-state index in [1.54, 1.807) is 0 Å². The first kappa shape index (κ1) is 31.1. The van der Waals surface area contributed by atoms with E-state index in [1.165, 1.54) is 105 Å². The Kier molecular flexibility index (Phi) is 7.33. The van der Waals surface area contributed by atoms with E-state index >= 15 is 0 Å². The summed E-state index contributed by atoms with van der Waals surface area (Å²) in [6.45, 7) is 4.38. The van der Waals surface area contributed by atoms with Crippen LogP contribution in [0.15, 0.2) is 188 Å². The summed E-state index contributed by atoms with van der Waals surface area (Å²) in [6, 6.07) is 69.1. The average Bonchev–Trinajstić information content (AvgIpc) is 3.54. The van der Waals surface area contributed by atoms with Gasteiger partial charge in [-0.05, 0) is 110 Å². The molecule has 0 unspecified atom stereocenters. The molecular weight excluding hydrogens is 639 g/mol. The highest BCUT2D eigenvalue weighted by Crippen LogP contribution is 2.44. The minimum absolute atomic E-state index is 1.18. The van der Waals surface area contributed by atoms with Crippen molar-refractivity contribution in [2.45, 2.75) is 13.8 Å². The van der Waals surface area contributed by atoms with Crippen LogP contribution in [0.25, 0.3) is 93.5 Å². The van der Waals surface area contributed by atoms with Gasteiger partial charge in [-0.2, -0.15) is 0 Å². The van der Waals surface area contributed by atoms with E-state index in [9.17, 15) is 0 Å². The summed E-state index contributed by atoms with van der Waals surface area (Å²) >= 11 is 0. The predicted molar refractivity (Wildman–Crippen MR) is 227 cm³/mol. The summed E-state index contributed by atoms with van der Waals surface area (Å²) in [4.78, 5) is 0. The summed E-state index contributed by atoms with van der Waals surface area (Å²) < 4.78 is 2.37. The third kappa shape index (κ3) is 5.24. The van der Waals surface area contributed by atoms with Crippen LogP contribution in [0.4, 0.5) is 0 Å². The van der Waals surface area contributed by atoms with E-state index in [0.29, 0.717) is 0 Å². The number of hydrogen-bond donors (Lipinski definition) is 0. The molecule has 0 N–H and O–H groups in total. The van der Waals surface area contributed by atoms with Crippen LogP contribution < -0.4 is 0 Å². The van der Waals surface area contributed by atoms with Gasteiger partial charge in [0.25, 0.3) is 0 Å². The van der Waals surface area contributed by atoms with Crippen LogP contribution in [0.1, 0.15) is 11.1 Å². The second-order valence-electron chi connectivity index (χ2n) is 14.3. The Labute approximate surface area is 310 Å². The number of hydrogen-bond acceptors (Lipinski definition) is 0. The maximum absolute atomic E-state index is 2.37. The molecule has 0 fully saturated rings. The lowest BCUT2D eigenvalue weighted by Crippen LogP contribution is -1.92. The van der Waals surface area contributed by atoms with E-state index in [4.69, 9.17) is 0 Å². The van der Waals surface area contributed by atoms with Crippen LogP contribution in [-0.2, 0) is 0 Å². The summed E-state index contributed by atoms with van der Waals surface area (Å²) in [5.74, 6) is 0. The number of rotatable bonds is 5.